The summed E-state index contributed by atoms with van der Waals surface area (Å²) in [4.78, 5) is 39.0. The highest BCUT2D eigenvalue weighted by Crippen LogP contribution is 2.38. The predicted molar refractivity (Wildman–Crippen MR) is 159 cm³/mol. The van der Waals surface area contributed by atoms with Crippen molar-refractivity contribution >= 4 is 86.4 Å². The van der Waals surface area contributed by atoms with Gasteiger partial charge in [-0.1, -0.05) is 35.3 Å². The van der Waals surface area contributed by atoms with Gasteiger partial charge >= 0.3 is 0 Å². The van der Waals surface area contributed by atoms with Crippen molar-refractivity contribution in [3.05, 3.63) is 90.3 Å². The zero-order valence-electron chi connectivity index (χ0n) is 20.0. The number of rotatable bonds is 9. The first kappa shape index (κ1) is 28.3. The number of hydrogen-bond donors (Lipinski definition) is 1. The highest BCUT2D eigenvalue weighted by Gasteiger charge is 2.36. The molecule has 38 heavy (non-hydrogen) atoms. The summed E-state index contributed by atoms with van der Waals surface area (Å²) in [6, 6.07) is 17.5. The van der Waals surface area contributed by atoms with Crippen molar-refractivity contribution in [3.63, 3.8) is 0 Å². The monoisotopic (exact) mass is 682 g/mol. The summed E-state index contributed by atoms with van der Waals surface area (Å²) in [6.07, 6.45) is 1.61. The number of amides is 3. The van der Waals surface area contributed by atoms with Gasteiger partial charge in [-0.2, -0.15) is 0 Å². The Kier molecular flexibility index (Phi) is 9.59. The number of carbonyl (C=O) groups excluding carboxylic acids is 3. The molecule has 0 unspecified atom stereocenters. The van der Waals surface area contributed by atoms with Crippen molar-refractivity contribution in [1.82, 2.24) is 4.90 Å². The van der Waals surface area contributed by atoms with Crippen molar-refractivity contribution in [3.8, 4) is 11.5 Å². The first-order valence-electron chi connectivity index (χ1n) is 11.4. The fraction of sp³-hybridized carbons (Fsp3) is 0.148. The van der Waals surface area contributed by atoms with Crippen molar-refractivity contribution in [1.29, 1.82) is 0 Å². The van der Waals surface area contributed by atoms with Gasteiger partial charge in [0, 0.05) is 15.7 Å². The van der Waals surface area contributed by atoms with E-state index in [1.807, 2.05) is 25.1 Å². The molecule has 1 fully saturated rings. The van der Waals surface area contributed by atoms with Crippen LogP contribution in [0.2, 0.25) is 10.0 Å². The molecular weight excluding hydrogens is 662 g/mol. The van der Waals surface area contributed by atoms with Gasteiger partial charge in [0.05, 0.1) is 15.1 Å². The van der Waals surface area contributed by atoms with E-state index in [4.69, 9.17) is 32.7 Å². The molecule has 0 atom stereocenters. The number of benzene rings is 3. The standard InChI is InChI=1S/C27H21Cl2IN2O5S/c1-2-36-22-12-17(11-21(30)25(22)37-15-16-3-5-18(28)6-4-16)13-23-26(34)32(27(35)38-23)14-24(33)31-20-9-7-19(29)8-10-20/h3-13H,2,14-15H2,1H3,(H,31,33)/b23-13+. The summed E-state index contributed by atoms with van der Waals surface area (Å²) < 4.78 is 12.6. The van der Waals surface area contributed by atoms with Crippen molar-refractivity contribution < 1.29 is 23.9 Å². The maximum absolute atomic E-state index is 12.9. The Morgan fingerprint density at radius 1 is 1.03 bits per heavy atom. The summed E-state index contributed by atoms with van der Waals surface area (Å²) in [6.45, 7) is 2.20. The Bertz CT molecular complexity index is 1400. The third-order valence-corrected chi connectivity index (χ3v) is 7.44. The van der Waals surface area contributed by atoms with Crippen LogP contribution < -0.4 is 14.8 Å². The number of anilines is 1. The molecule has 0 spiro atoms. The molecule has 1 aliphatic heterocycles. The van der Waals surface area contributed by atoms with Crippen molar-refractivity contribution in [2.45, 2.75) is 13.5 Å². The van der Waals surface area contributed by atoms with Crippen LogP contribution in [0.3, 0.4) is 0 Å². The summed E-state index contributed by atoms with van der Waals surface area (Å²) in [5, 5.41) is 3.31. The molecule has 3 aromatic rings. The Morgan fingerprint density at radius 3 is 2.34 bits per heavy atom. The number of halogens is 3. The SMILES string of the molecule is CCOc1cc(/C=C2/SC(=O)N(CC(=O)Nc3ccc(Cl)cc3)C2=O)cc(I)c1OCc1ccc(Cl)cc1. The van der Waals surface area contributed by atoms with Crippen LogP contribution in [-0.2, 0) is 16.2 Å². The summed E-state index contributed by atoms with van der Waals surface area (Å²) in [5.74, 6) is 0.0567. The lowest BCUT2D eigenvalue weighted by atomic mass is 10.1. The van der Waals surface area contributed by atoms with E-state index in [-0.39, 0.29) is 4.91 Å². The van der Waals surface area contributed by atoms with Crippen LogP contribution >= 0.6 is 57.6 Å². The lowest BCUT2D eigenvalue weighted by molar-refractivity contribution is -0.127. The fourth-order valence-corrected chi connectivity index (χ4v) is 5.35. The molecule has 3 amide bonds. The van der Waals surface area contributed by atoms with Crippen LogP contribution in [0.1, 0.15) is 18.1 Å². The van der Waals surface area contributed by atoms with Gasteiger partial charge in [0.1, 0.15) is 13.2 Å². The third-order valence-electron chi connectivity index (χ3n) is 5.23. The van der Waals surface area contributed by atoms with Crippen LogP contribution in [0.5, 0.6) is 11.5 Å². The molecule has 4 rings (SSSR count). The molecule has 1 heterocycles. The van der Waals surface area contributed by atoms with Crippen LogP contribution in [0.4, 0.5) is 10.5 Å². The van der Waals surface area contributed by atoms with Crippen molar-refractivity contribution in [2.75, 3.05) is 18.5 Å². The quantitative estimate of drug-likeness (QED) is 0.189. The van der Waals surface area contributed by atoms with Crippen molar-refractivity contribution in [2.24, 2.45) is 0 Å². The van der Waals surface area contributed by atoms with Gasteiger partial charge in [0.25, 0.3) is 11.1 Å². The van der Waals surface area contributed by atoms with Crippen LogP contribution in [0, 0.1) is 3.57 Å². The molecule has 1 saturated heterocycles. The number of nitrogens with one attached hydrogen (secondary N) is 1. The molecule has 0 aromatic heterocycles. The van der Waals surface area contributed by atoms with Gasteiger partial charge in [0.2, 0.25) is 5.91 Å². The maximum atomic E-state index is 12.9. The Morgan fingerprint density at radius 2 is 1.68 bits per heavy atom. The molecule has 11 heteroatoms. The number of thioether (sulfide) groups is 1. The molecule has 0 bridgehead atoms. The highest BCUT2D eigenvalue weighted by molar-refractivity contribution is 14.1. The summed E-state index contributed by atoms with van der Waals surface area (Å²) in [7, 11) is 0. The number of nitrogens with zero attached hydrogens (tertiary/aromatic N) is 1. The minimum absolute atomic E-state index is 0.211. The van der Waals surface area contributed by atoms with E-state index in [1.54, 1.807) is 48.5 Å². The molecule has 0 radical (unpaired) electrons. The smallest absolute Gasteiger partial charge is 0.294 e. The van der Waals surface area contributed by atoms with Gasteiger partial charge in [0.15, 0.2) is 11.5 Å². The second-order valence-corrected chi connectivity index (χ2v) is 11.0. The molecule has 3 aromatic carbocycles. The molecule has 0 aliphatic carbocycles. The Labute approximate surface area is 247 Å². The van der Waals surface area contributed by atoms with E-state index in [1.165, 1.54) is 0 Å². The maximum Gasteiger partial charge on any atom is 0.294 e. The van der Waals surface area contributed by atoms with Crippen LogP contribution in [-0.4, -0.2) is 35.1 Å². The average Bonchev–Trinajstić information content (AvgIpc) is 3.13. The molecular formula is C27H21Cl2IN2O5S. The third kappa shape index (κ3) is 7.22. The van der Waals surface area contributed by atoms with Gasteiger partial charge in [-0.25, -0.2) is 0 Å². The fourth-order valence-electron chi connectivity index (χ4n) is 3.48. The second kappa shape index (κ2) is 12.9. The van der Waals surface area contributed by atoms with Gasteiger partial charge in [-0.15, -0.1) is 0 Å². The zero-order chi connectivity index (χ0) is 27.2. The second-order valence-electron chi connectivity index (χ2n) is 8.00. The number of hydrogen-bond acceptors (Lipinski definition) is 6. The Balaban J connectivity index is 1.48. The molecule has 1 N–H and O–H groups in total. The van der Waals surface area contributed by atoms with E-state index < -0.39 is 23.6 Å². The van der Waals surface area contributed by atoms with E-state index in [0.717, 1.165) is 25.8 Å². The first-order chi connectivity index (χ1) is 18.2. The van der Waals surface area contributed by atoms with Crippen LogP contribution in [0.25, 0.3) is 6.08 Å². The number of carbonyl (C=O) groups is 3. The van der Waals surface area contributed by atoms with E-state index >= 15 is 0 Å². The minimum Gasteiger partial charge on any atom is -0.490 e. The van der Waals surface area contributed by atoms with E-state index in [2.05, 4.69) is 27.9 Å². The van der Waals surface area contributed by atoms with Gasteiger partial charge in [-0.05, 0) is 107 Å². The highest BCUT2D eigenvalue weighted by atomic mass is 127. The lowest BCUT2D eigenvalue weighted by Crippen LogP contribution is -2.36. The van der Waals surface area contributed by atoms with Gasteiger partial charge < -0.3 is 14.8 Å². The Hall–Kier alpha value is -2.73. The number of ether oxygens (including phenoxy) is 2. The summed E-state index contributed by atoms with van der Waals surface area (Å²) in [5.41, 5.74) is 2.12. The normalized spacial score (nSPS) is 14.2. The largest absolute Gasteiger partial charge is 0.490 e. The number of imide groups is 1. The molecule has 7 nitrogen and oxygen atoms in total. The average molecular weight is 683 g/mol. The lowest BCUT2D eigenvalue weighted by Gasteiger charge is -2.15. The van der Waals surface area contributed by atoms with E-state index in [0.29, 0.717) is 46.0 Å². The topological polar surface area (TPSA) is 84.9 Å². The molecule has 1 aliphatic rings. The summed E-state index contributed by atoms with van der Waals surface area (Å²) >= 11 is 14.7. The van der Waals surface area contributed by atoms with Crippen LogP contribution in [0.15, 0.2) is 65.6 Å². The molecule has 0 saturated carbocycles. The van der Waals surface area contributed by atoms with E-state index in [9.17, 15) is 14.4 Å². The minimum atomic E-state index is -0.540. The first-order valence-corrected chi connectivity index (χ1v) is 14.0. The molecule has 196 valence electrons. The predicted octanol–water partition coefficient (Wildman–Crippen LogP) is 7.25. The zero-order valence-corrected chi connectivity index (χ0v) is 24.5. The van der Waals surface area contributed by atoms with Gasteiger partial charge in [-0.3, -0.25) is 19.3 Å².